The number of hydrogen-bond donors (Lipinski definition) is 2. The molecule has 0 aliphatic rings. The molecule has 1 aromatic carbocycles. The average molecular weight is 294 g/mol. The minimum absolute atomic E-state index is 0.498. The first kappa shape index (κ1) is 17.1. The van der Waals surface area contributed by atoms with Gasteiger partial charge in [0.15, 0.2) is 0 Å². The molecule has 118 valence electrons. The van der Waals surface area contributed by atoms with Crippen LogP contribution in [0.3, 0.4) is 0 Å². The third-order valence-corrected chi connectivity index (χ3v) is 2.55. The van der Waals surface area contributed by atoms with Crippen LogP contribution < -0.4 is 15.4 Å². The molecule has 5 heteroatoms. The summed E-state index contributed by atoms with van der Waals surface area (Å²) < 4.78 is 10.5. The summed E-state index contributed by atoms with van der Waals surface area (Å²) in [6.45, 7) is 10.6. The minimum atomic E-state index is -0.537. The highest BCUT2D eigenvalue weighted by Crippen LogP contribution is 2.28. The first-order valence-corrected chi connectivity index (χ1v) is 7.13. The van der Waals surface area contributed by atoms with Crippen molar-refractivity contribution in [3.63, 3.8) is 0 Å². The number of carbonyl (C=O) groups excluding carboxylic acids is 1. The minimum Gasteiger partial charge on any atom is -0.495 e. The van der Waals surface area contributed by atoms with Crippen molar-refractivity contribution in [3.8, 4) is 5.75 Å². The maximum Gasteiger partial charge on any atom is 0.412 e. The molecular weight excluding hydrogens is 268 g/mol. The second kappa shape index (κ2) is 7.20. The van der Waals surface area contributed by atoms with Gasteiger partial charge in [0.05, 0.1) is 12.8 Å². The van der Waals surface area contributed by atoms with E-state index in [9.17, 15) is 4.79 Å². The van der Waals surface area contributed by atoms with Crippen LogP contribution in [0.15, 0.2) is 18.2 Å². The van der Waals surface area contributed by atoms with Crippen molar-refractivity contribution in [3.05, 3.63) is 18.2 Å². The number of carbonyl (C=O) groups is 1. The lowest BCUT2D eigenvalue weighted by Crippen LogP contribution is -2.27. The summed E-state index contributed by atoms with van der Waals surface area (Å²) in [5.74, 6) is 1.13. The zero-order chi connectivity index (χ0) is 16.0. The SMILES string of the molecule is COc1ccc(NCC(C)C)cc1NC(=O)OC(C)(C)C. The molecule has 0 atom stereocenters. The van der Waals surface area contributed by atoms with E-state index in [0.717, 1.165) is 12.2 Å². The summed E-state index contributed by atoms with van der Waals surface area (Å²) in [6, 6.07) is 5.57. The highest BCUT2D eigenvalue weighted by molar-refractivity contribution is 5.88. The van der Waals surface area contributed by atoms with Crippen LogP contribution in [0.2, 0.25) is 0 Å². The number of rotatable bonds is 5. The maximum absolute atomic E-state index is 11.9. The molecule has 0 spiro atoms. The zero-order valence-electron chi connectivity index (χ0n) is 13.7. The summed E-state index contributed by atoms with van der Waals surface area (Å²) >= 11 is 0. The zero-order valence-corrected chi connectivity index (χ0v) is 13.7. The molecular formula is C16H26N2O3. The van der Waals surface area contributed by atoms with Gasteiger partial charge >= 0.3 is 6.09 Å². The van der Waals surface area contributed by atoms with E-state index in [1.165, 1.54) is 0 Å². The molecule has 5 nitrogen and oxygen atoms in total. The van der Waals surface area contributed by atoms with Crippen LogP contribution in [0.1, 0.15) is 34.6 Å². The van der Waals surface area contributed by atoms with Crippen LogP contribution in [0.4, 0.5) is 16.2 Å². The smallest absolute Gasteiger partial charge is 0.412 e. The summed E-state index contributed by atoms with van der Waals surface area (Å²) in [5, 5.41) is 6.03. The molecule has 0 fully saturated rings. The average Bonchev–Trinajstić information content (AvgIpc) is 2.34. The van der Waals surface area contributed by atoms with E-state index in [-0.39, 0.29) is 0 Å². The second-order valence-corrected chi connectivity index (χ2v) is 6.32. The van der Waals surface area contributed by atoms with Gasteiger partial charge < -0.3 is 14.8 Å². The van der Waals surface area contributed by atoms with E-state index in [2.05, 4.69) is 24.5 Å². The Kier molecular flexibility index (Phi) is 5.88. The fourth-order valence-electron chi connectivity index (χ4n) is 1.65. The van der Waals surface area contributed by atoms with Crippen LogP contribution in [-0.2, 0) is 4.74 Å². The molecule has 0 heterocycles. The Morgan fingerprint density at radius 1 is 1.29 bits per heavy atom. The molecule has 0 aliphatic carbocycles. The number of anilines is 2. The fourth-order valence-corrected chi connectivity index (χ4v) is 1.65. The topological polar surface area (TPSA) is 59.6 Å². The molecule has 0 saturated heterocycles. The Hall–Kier alpha value is -1.91. The number of hydrogen-bond acceptors (Lipinski definition) is 4. The Morgan fingerprint density at radius 2 is 1.95 bits per heavy atom. The van der Waals surface area contributed by atoms with Gasteiger partial charge in [-0.15, -0.1) is 0 Å². The standard InChI is InChI=1S/C16H26N2O3/c1-11(2)10-17-12-7-8-14(20-6)13(9-12)18-15(19)21-16(3,4)5/h7-9,11,17H,10H2,1-6H3,(H,18,19). The molecule has 0 saturated carbocycles. The molecule has 0 aliphatic heterocycles. The van der Waals surface area contributed by atoms with Crippen molar-refractivity contribution in [1.82, 2.24) is 0 Å². The number of amides is 1. The van der Waals surface area contributed by atoms with Crippen molar-refractivity contribution in [2.75, 3.05) is 24.3 Å². The number of methoxy groups -OCH3 is 1. The monoisotopic (exact) mass is 294 g/mol. The Balaban J connectivity index is 2.82. The van der Waals surface area contributed by atoms with Crippen LogP contribution >= 0.6 is 0 Å². The lowest BCUT2D eigenvalue weighted by Gasteiger charge is -2.20. The van der Waals surface area contributed by atoms with Crippen LogP contribution in [0, 0.1) is 5.92 Å². The van der Waals surface area contributed by atoms with E-state index in [1.807, 2.05) is 39.0 Å². The van der Waals surface area contributed by atoms with Gasteiger partial charge in [0.25, 0.3) is 0 Å². The summed E-state index contributed by atoms with van der Waals surface area (Å²) in [4.78, 5) is 11.9. The Bertz CT molecular complexity index is 479. The molecule has 0 bridgehead atoms. The first-order valence-electron chi connectivity index (χ1n) is 7.13. The van der Waals surface area contributed by atoms with Gasteiger partial charge in [0.2, 0.25) is 0 Å². The van der Waals surface area contributed by atoms with Gasteiger partial charge in [0.1, 0.15) is 11.4 Å². The maximum atomic E-state index is 11.9. The second-order valence-electron chi connectivity index (χ2n) is 6.32. The summed E-state index contributed by atoms with van der Waals surface area (Å²) in [6.07, 6.45) is -0.498. The van der Waals surface area contributed by atoms with Gasteiger partial charge in [-0.2, -0.15) is 0 Å². The third-order valence-electron chi connectivity index (χ3n) is 2.55. The predicted octanol–water partition coefficient (Wildman–Crippen LogP) is 4.11. The third kappa shape index (κ3) is 6.38. The Morgan fingerprint density at radius 3 is 2.48 bits per heavy atom. The van der Waals surface area contributed by atoms with Crippen molar-refractivity contribution in [1.29, 1.82) is 0 Å². The molecule has 1 amide bonds. The van der Waals surface area contributed by atoms with Crippen molar-refractivity contribution < 1.29 is 14.3 Å². The molecule has 0 unspecified atom stereocenters. The lowest BCUT2D eigenvalue weighted by atomic mass is 10.2. The van der Waals surface area contributed by atoms with Gasteiger partial charge in [-0.3, -0.25) is 5.32 Å². The van der Waals surface area contributed by atoms with Crippen LogP contribution in [-0.4, -0.2) is 25.3 Å². The molecule has 0 aromatic heterocycles. The van der Waals surface area contributed by atoms with Crippen molar-refractivity contribution in [2.45, 2.75) is 40.2 Å². The quantitative estimate of drug-likeness (QED) is 0.858. The van der Waals surface area contributed by atoms with Crippen LogP contribution in [0.25, 0.3) is 0 Å². The van der Waals surface area contributed by atoms with Gasteiger partial charge in [-0.1, -0.05) is 13.8 Å². The molecule has 1 rings (SSSR count). The summed E-state index contributed by atoms with van der Waals surface area (Å²) in [7, 11) is 1.57. The van der Waals surface area contributed by atoms with Gasteiger partial charge in [-0.25, -0.2) is 4.79 Å². The van der Waals surface area contributed by atoms with E-state index < -0.39 is 11.7 Å². The fraction of sp³-hybridized carbons (Fsp3) is 0.562. The predicted molar refractivity (Wildman–Crippen MR) is 86.2 cm³/mol. The molecule has 1 aromatic rings. The van der Waals surface area contributed by atoms with E-state index in [0.29, 0.717) is 17.4 Å². The largest absolute Gasteiger partial charge is 0.495 e. The van der Waals surface area contributed by atoms with Crippen molar-refractivity contribution in [2.24, 2.45) is 5.92 Å². The van der Waals surface area contributed by atoms with E-state index >= 15 is 0 Å². The summed E-state index contributed by atoms with van der Waals surface area (Å²) in [5.41, 5.74) is 0.973. The highest BCUT2D eigenvalue weighted by atomic mass is 16.6. The van der Waals surface area contributed by atoms with E-state index in [1.54, 1.807) is 7.11 Å². The molecule has 2 N–H and O–H groups in total. The number of benzene rings is 1. The number of ether oxygens (including phenoxy) is 2. The van der Waals surface area contributed by atoms with Crippen molar-refractivity contribution >= 4 is 17.5 Å². The normalized spacial score (nSPS) is 11.2. The van der Waals surface area contributed by atoms with Gasteiger partial charge in [-0.05, 0) is 44.9 Å². The number of nitrogens with one attached hydrogen (secondary N) is 2. The highest BCUT2D eigenvalue weighted by Gasteiger charge is 2.17. The molecule has 0 radical (unpaired) electrons. The first-order chi connectivity index (χ1) is 9.71. The Labute approximate surface area is 127 Å². The molecule has 21 heavy (non-hydrogen) atoms. The van der Waals surface area contributed by atoms with E-state index in [4.69, 9.17) is 9.47 Å². The van der Waals surface area contributed by atoms with Gasteiger partial charge in [0, 0.05) is 12.2 Å². The lowest BCUT2D eigenvalue weighted by molar-refractivity contribution is 0.0635. The van der Waals surface area contributed by atoms with Crippen LogP contribution in [0.5, 0.6) is 5.75 Å².